The summed E-state index contributed by atoms with van der Waals surface area (Å²) in [7, 11) is 0. The van der Waals surface area contributed by atoms with Gasteiger partial charge in [0.25, 0.3) is 0 Å². The van der Waals surface area contributed by atoms with E-state index < -0.39 is 23.9 Å². The molecule has 1 unspecified atom stereocenters. The molecule has 0 rings (SSSR count). The zero-order chi connectivity index (χ0) is 14.7. The van der Waals surface area contributed by atoms with E-state index in [0.717, 1.165) is 0 Å². The van der Waals surface area contributed by atoms with Gasteiger partial charge in [0, 0.05) is 12.8 Å². The Labute approximate surface area is 106 Å². The maximum absolute atomic E-state index is 10.0. The number of hydrogen-bond acceptors (Lipinski definition) is 4. The molecule has 0 spiro atoms. The molecule has 0 aliphatic rings. The fraction of sp³-hybridized carbons (Fsp3) is 0.727. The van der Waals surface area contributed by atoms with Crippen LogP contribution in [0.1, 0.15) is 39.5 Å². The van der Waals surface area contributed by atoms with Gasteiger partial charge in [-0.05, 0) is 18.8 Å². The van der Waals surface area contributed by atoms with Crippen molar-refractivity contribution in [3.05, 3.63) is 0 Å². The smallest absolute Gasteiger partial charge is 0.320 e. The van der Waals surface area contributed by atoms with Crippen LogP contribution in [0.2, 0.25) is 0 Å². The molecule has 0 aromatic rings. The van der Waals surface area contributed by atoms with Crippen LogP contribution >= 0.6 is 0 Å². The number of carboxylic acids is 3. The van der Waals surface area contributed by atoms with Crippen molar-refractivity contribution in [1.82, 2.24) is 0 Å². The van der Waals surface area contributed by atoms with E-state index in [1.54, 1.807) is 13.8 Å². The van der Waals surface area contributed by atoms with Crippen molar-refractivity contribution in [3.8, 4) is 0 Å². The molecule has 7 nitrogen and oxygen atoms in total. The summed E-state index contributed by atoms with van der Waals surface area (Å²) in [6.45, 7) is 3.55. The highest BCUT2D eigenvalue weighted by molar-refractivity contribution is 5.73. The monoisotopic (exact) mass is 263 g/mol. The number of unbranched alkanes of at least 4 members (excludes halogenated alkanes) is 1. The lowest BCUT2D eigenvalue weighted by Gasteiger charge is -2.07. The van der Waals surface area contributed by atoms with Crippen molar-refractivity contribution in [2.75, 3.05) is 0 Å². The predicted molar refractivity (Wildman–Crippen MR) is 64.2 cm³/mol. The van der Waals surface area contributed by atoms with Crippen molar-refractivity contribution in [3.63, 3.8) is 0 Å². The van der Waals surface area contributed by atoms with E-state index in [0.29, 0.717) is 12.8 Å². The van der Waals surface area contributed by atoms with E-state index in [-0.39, 0.29) is 18.8 Å². The van der Waals surface area contributed by atoms with Crippen LogP contribution in [-0.2, 0) is 14.4 Å². The highest BCUT2D eigenvalue weighted by Gasteiger charge is 2.14. The molecule has 106 valence electrons. The Bertz CT molecular complexity index is 261. The van der Waals surface area contributed by atoms with Gasteiger partial charge in [-0.1, -0.05) is 13.8 Å². The van der Waals surface area contributed by atoms with Crippen LogP contribution in [0.25, 0.3) is 0 Å². The lowest BCUT2D eigenvalue weighted by molar-refractivity contribution is -0.139. The third kappa shape index (κ3) is 14.4. The standard InChI is InChI=1S/C6H10O4.C5H11NO2/c7-5(8)3-1-2-4-6(9)10;1-3(2)4(6)5(7)8/h1-4H2,(H,7,8)(H,9,10);3-4H,6H2,1-2H3,(H,7,8). The van der Waals surface area contributed by atoms with Gasteiger partial charge in [0.15, 0.2) is 0 Å². The van der Waals surface area contributed by atoms with E-state index in [2.05, 4.69) is 0 Å². The maximum Gasteiger partial charge on any atom is 0.320 e. The summed E-state index contributed by atoms with van der Waals surface area (Å²) in [5, 5.41) is 24.5. The third-order valence-electron chi connectivity index (χ3n) is 2.03. The summed E-state index contributed by atoms with van der Waals surface area (Å²) in [6.07, 6.45) is 1.02. The van der Waals surface area contributed by atoms with Gasteiger partial charge >= 0.3 is 17.9 Å². The largest absolute Gasteiger partial charge is 0.481 e. The maximum atomic E-state index is 10.0. The average Bonchev–Trinajstić information content (AvgIpc) is 2.23. The molecule has 7 heteroatoms. The number of aliphatic carboxylic acids is 3. The predicted octanol–water partition coefficient (Wildman–Crippen LogP) is 0.770. The topological polar surface area (TPSA) is 138 Å². The molecule has 0 aliphatic carbocycles. The second-order valence-corrected chi connectivity index (χ2v) is 4.10. The molecular formula is C11H21NO6. The number of nitrogens with two attached hydrogens (primary N) is 1. The molecule has 0 saturated carbocycles. The molecule has 0 fully saturated rings. The number of rotatable bonds is 7. The van der Waals surface area contributed by atoms with Gasteiger partial charge in [0.05, 0.1) is 0 Å². The van der Waals surface area contributed by atoms with Crippen LogP contribution in [0.5, 0.6) is 0 Å². The van der Waals surface area contributed by atoms with E-state index in [1.165, 1.54) is 0 Å². The second-order valence-electron chi connectivity index (χ2n) is 4.10. The minimum Gasteiger partial charge on any atom is -0.481 e. The Balaban J connectivity index is 0. The highest BCUT2D eigenvalue weighted by Crippen LogP contribution is 1.98. The molecule has 0 bridgehead atoms. The summed E-state index contributed by atoms with van der Waals surface area (Å²) >= 11 is 0. The quantitative estimate of drug-likeness (QED) is 0.497. The first-order chi connectivity index (χ1) is 8.18. The molecule has 0 heterocycles. The number of carboxylic acid groups (broad SMARTS) is 3. The van der Waals surface area contributed by atoms with Crippen molar-refractivity contribution in [2.45, 2.75) is 45.6 Å². The lowest BCUT2D eigenvalue weighted by atomic mass is 10.1. The first-order valence-electron chi connectivity index (χ1n) is 5.60. The van der Waals surface area contributed by atoms with Crippen molar-refractivity contribution in [2.24, 2.45) is 11.7 Å². The Hall–Kier alpha value is -1.63. The van der Waals surface area contributed by atoms with Crippen molar-refractivity contribution >= 4 is 17.9 Å². The fourth-order valence-corrected chi connectivity index (χ4v) is 0.838. The van der Waals surface area contributed by atoms with Crippen molar-refractivity contribution < 1.29 is 29.7 Å². The second kappa shape index (κ2) is 10.5. The van der Waals surface area contributed by atoms with E-state index in [1.807, 2.05) is 0 Å². The number of hydrogen-bond donors (Lipinski definition) is 4. The summed E-state index contributed by atoms with van der Waals surface area (Å²) in [5.41, 5.74) is 5.16. The fourth-order valence-electron chi connectivity index (χ4n) is 0.838. The normalized spacial score (nSPS) is 11.3. The molecule has 5 N–H and O–H groups in total. The first-order valence-corrected chi connectivity index (χ1v) is 5.60. The van der Waals surface area contributed by atoms with E-state index in [4.69, 9.17) is 21.1 Å². The third-order valence-corrected chi connectivity index (χ3v) is 2.03. The van der Waals surface area contributed by atoms with Crippen LogP contribution in [0.3, 0.4) is 0 Å². The molecule has 0 aromatic heterocycles. The molecule has 0 amide bonds. The Kier molecular flexibility index (Phi) is 10.9. The zero-order valence-electron chi connectivity index (χ0n) is 10.6. The zero-order valence-corrected chi connectivity index (χ0v) is 10.6. The SMILES string of the molecule is CC(C)C(N)C(=O)O.O=C(O)CCCCC(=O)O. The van der Waals surface area contributed by atoms with Crippen LogP contribution in [0, 0.1) is 5.92 Å². The van der Waals surface area contributed by atoms with Gasteiger partial charge in [-0.25, -0.2) is 0 Å². The summed E-state index contributed by atoms with van der Waals surface area (Å²) in [4.78, 5) is 29.8. The Morgan fingerprint density at radius 1 is 0.944 bits per heavy atom. The highest BCUT2D eigenvalue weighted by atomic mass is 16.4. The molecule has 18 heavy (non-hydrogen) atoms. The lowest BCUT2D eigenvalue weighted by Crippen LogP contribution is -2.34. The van der Waals surface area contributed by atoms with Crippen LogP contribution in [0.4, 0.5) is 0 Å². The first kappa shape index (κ1) is 18.7. The molecular weight excluding hydrogens is 242 g/mol. The van der Waals surface area contributed by atoms with Crippen LogP contribution in [0.15, 0.2) is 0 Å². The Morgan fingerprint density at radius 3 is 1.39 bits per heavy atom. The Morgan fingerprint density at radius 2 is 1.28 bits per heavy atom. The van der Waals surface area contributed by atoms with Crippen molar-refractivity contribution in [1.29, 1.82) is 0 Å². The van der Waals surface area contributed by atoms with Crippen LogP contribution in [-0.4, -0.2) is 39.3 Å². The molecule has 0 saturated heterocycles. The van der Waals surface area contributed by atoms with Gasteiger partial charge in [-0.2, -0.15) is 0 Å². The summed E-state index contributed by atoms with van der Waals surface area (Å²) in [6, 6.07) is -0.713. The summed E-state index contributed by atoms with van der Waals surface area (Å²) in [5.74, 6) is -2.65. The van der Waals surface area contributed by atoms with Gasteiger partial charge in [-0.3, -0.25) is 14.4 Å². The van der Waals surface area contributed by atoms with Gasteiger partial charge in [-0.15, -0.1) is 0 Å². The molecule has 0 aliphatic heterocycles. The van der Waals surface area contributed by atoms with E-state index >= 15 is 0 Å². The molecule has 0 aromatic carbocycles. The van der Waals surface area contributed by atoms with Crippen LogP contribution < -0.4 is 5.73 Å². The van der Waals surface area contributed by atoms with Gasteiger partial charge in [0.2, 0.25) is 0 Å². The van der Waals surface area contributed by atoms with Gasteiger partial charge < -0.3 is 21.1 Å². The summed E-state index contributed by atoms with van der Waals surface area (Å²) < 4.78 is 0. The minimum atomic E-state index is -0.931. The average molecular weight is 263 g/mol. The minimum absolute atomic E-state index is 0.0208. The molecule has 1 atom stereocenters. The molecule has 0 radical (unpaired) electrons. The van der Waals surface area contributed by atoms with E-state index in [9.17, 15) is 14.4 Å². The number of carbonyl (C=O) groups is 3. The van der Waals surface area contributed by atoms with Gasteiger partial charge in [0.1, 0.15) is 6.04 Å².